The van der Waals surface area contributed by atoms with Gasteiger partial charge in [-0.15, -0.1) is 12.1 Å². The van der Waals surface area contributed by atoms with Crippen LogP contribution in [0.1, 0.15) is 11.3 Å². The molecular weight excluding hydrogens is 274 g/mol. The molecule has 102 valence electrons. The first kappa shape index (κ1) is 15.2. The van der Waals surface area contributed by atoms with E-state index in [1.807, 2.05) is 72.8 Å². The molecule has 2 aromatic carbocycles. The number of hydrogen-bond donors (Lipinski definition) is 0. The van der Waals surface area contributed by atoms with Crippen molar-refractivity contribution in [2.75, 3.05) is 0 Å². The van der Waals surface area contributed by atoms with Crippen molar-refractivity contribution in [3.8, 4) is 0 Å². The second kappa shape index (κ2) is 8.25. The molecular formula is C17H15FeN-6. The molecule has 0 saturated heterocycles. The maximum atomic E-state index is 4.24. The SMILES string of the molecule is C=C(c1ccccn1)[c-]1cccc1.[Fe].[cH-]1[cH-][cH-][cH-][cH-]1. The van der Waals surface area contributed by atoms with Crippen LogP contribution in [-0.4, -0.2) is 4.98 Å². The monoisotopic (exact) mass is 289 g/mol. The minimum atomic E-state index is 0. The van der Waals surface area contributed by atoms with Crippen LogP contribution in [0.15, 0.2) is 85.6 Å². The summed E-state index contributed by atoms with van der Waals surface area (Å²) in [6, 6.07) is 23.9. The van der Waals surface area contributed by atoms with Crippen LogP contribution in [0.3, 0.4) is 0 Å². The second-order valence-corrected chi connectivity index (χ2v) is 3.83. The molecule has 0 spiro atoms. The second-order valence-electron chi connectivity index (χ2n) is 3.83. The topological polar surface area (TPSA) is 12.9 Å². The molecule has 0 aliphatic rings. The van der Waals surface area contributed by atoms with Gasteiger partial charge in [0.1, 0.15) is 0 Å². The van der Waals surface area contributed by atoms with Crippen LogP contribution in [0.4, 0.5) is 0 Å². The zero-order valence-electron chi connectivity index (χ0n) is 10.5. The van der Waals surface area contributed by atoms with Gasteiger partial charge in [0.05, 0.1) is 0 Å². The fraction of sp³-hybridized carbons (Fsp3) is 0. The van der Waals surface area contributed by atoms with Crippen LogP contribution in [0.2, 0.25) is 0 Å². The molecule has 3 rings (SSSR count). The Kier molecular flexibility index (Phi) is 6.59. The van der Waals surface area contributed by atoms with Crippen molar-refractivity contribution in [1.82, 2.24) is 4.98 Å². The van der Waals surface area contributed by atoms with Crippen molar-refractivity contribution in [2.24, 2.45) is 0 Å². The number of aromatic nitrogens is 1. The van der Waals surface area contributed by atoms with Crippen molar-refractivity contribution in [3.63, 3.8) is 0 Å². The number of pyridine rings is 1. The molecule has 0 N–H and O–H groups in total. The van der Waals surface area contributed by atoms with Crippen molar-refractivity contribution >= 4 is 5.57 Å². The molecule has 0 amide bonds. The third kappa shape index (κ3) is 4.70. The summed E-state index contributed by atoms with van der Waals surface area (Å²) in [5, 5.41) is 0. The Hall–Kier alpha value is -1.89. The van der Waals surface area contributed by atoms with Gasteiger partial charge in [-0.05, 0) is 6.07 Å². The first-order chi connectivity index (χ1) is 8.88. The molecule has 1 aromatic heterocycles. The Balaban J connectivity index is 0.000000256. The van der Waals surface area contributed by atoms with Gasteiger partial charge in [0.2, 0.25) is 0 Å². The smallest absolute Gasteiger partial charge is 0.0183 e. The predicted molar refractivity (Wildman–Crippen MR) is 76.4 cm³/mol. The summed E-state index contributed by atoms with van der Waals surface area (Å²) in [6.07, 6.45) is 1.78. The molecule has 19 heavy (non-hydrogen) atoms. The maximum Gasteiger partial charge on any atom is 0.0183 e. The molecule has 0 fully saturated rings. The standard InChI is InChI=1S/C12H10N.C5H5.Fe/c1-10(11-6-2-3-7-11)12-8-4-5-9-13-12;1-2-4-5-3-1;/h2-9H,1H2;1-5H;/q-1;-5;. The summed E-state index contributed by atoms with van der Waals surface area (Å²) in [5.41, 5.74) is 3.05. The molecule has 3 aromatic rings. The van der Waals surface area contributed by atoms with Crippen LogP contribution in [-0.2, 0) is 17.1 Å². The van der Waals surface area contributed by atoms with Gasteiger partial charge in [-0.3, -0.25) is 4.98 Å². The summed E-state index contributed by atoms with van der Waals surface area (Å²) >= 11 is 0. The quantitative estimate of drug-likeness (QED) is 0.507. The van der Waals surface area contributed by atoms with Gasteiger partial charge in [-0.25, -0.2) is 0 Å². The van der Waals surface area contributed by atoms with Crippen molar-refractivity contribution in [3.05, 3.63) is 96.8 Å². The van der Waals surface area contributed by atoms with Crippen LogP contribution in [0, 0.1) is 0 Å². The van der Waals surface area contributed by atoms with Gasteiger partial charge in [0.25, 0.3) is 0 Å². The van der Waals surface area contributed by atoms with E-state index in [1.165, 1.54) is 0 Å². The Labute approximate surface area is 124 Å². The molecule has 0 bridgehead atoms. The molecule has 0 radical (unpaired) electrons. The van der Waals surface area contributed by atoms with Crippen molar-refractivity contribution in [2.45, 2.75) is 0 Å². The zero-order valence-corrected chi connectivity index (χ0v) is 11.6. The third-order valence-electron chi connectivity index (χ3n) is 2.54. The Morgan fingerprint density at radius 1 is 0.947 bits per heavy atom. The van der Waals surface area contributed by atoms with Crippen LogP contribution >= 0.6 is 0 Å². The van der Waals surface area contributed by atoms with E-state index >= 15 is 0 Å². The maximum absolute atomic E-state index is 4.24. The van der Waals surface area contributed by atoms with Gasteiger partial charge in [-0.2, -0.15) is 18.7 Å². The summed E-state index contributed by atoms with van der Waals surface area (Å²) in [6.45, 7) is 4.00. The first-order valence-electron chi connectivity index (χ1n) is 5.87. The van der Waals surface area contributed by atoms with E-state index in [1.54, 1.807) is 6.20 Å². The summed E-state index contributed by atoms with van der Waals surface area (Å²) in [7, 11) is 0. The van der Waals surface area contributed by atoms with Crippen LogP contribution in [0.25, 0.3) is 5.57 Å². The fourth-order valence-corrected chi connectivity index (χ4v) is 1.59. The Morgan fingerprint density at radius 3 is 2.00 bits per heavy atom. The van der Waals surface area contributed by atoms with Gasteiger partial charge in [-0.1, -0.05) is 23.3 Å². The van der Waals surface area contributed by atoms with E-state index in [0.29, 0.717) is 0 Å². The number of nitrogens with zero attached hydrogens (tertiary/aromatic N) is 1. The van der Waals surface area contributed by atoms with Crippen molar-refractivity contribution < 1.29 is 17.1 Å². The van der Waals surface area contributed by atoms with E-state index < -0.39 is 0 Å². The minimum absolute atomic E-state index is 0. The van der Waals surface area contributed by atoms with E-state index in [2.05, 4.69) is 11.6 Å². The van der Waals surface area contributed by atoms with Crippen molar-refractivity contribution in [1.29, 1.82) is 0 Å². The molecule has 0 unspecified atom stereocenters. The average molecular weight is 289 g/mol. The van der Waals surface area contributed by atoms with E-state index in [9.17, 15) is 0 Å². The van der Waals surface area contributed by atoms with Gasteiger partial charge >= 0.3 is 0 Å². The molecule has 0 atom stereocenters. The molecule has 1 heterocycles. The molecule has 2 heteroatoms. The summed E-state index contributed by atoms with van der Waals surface area (Å²) in [4.78, 5) is 4.24. The van der Waals surface area contributed by atoms with E-state index in [-0.39, 0.29) is 17.1 Å². The van der Waals surface area contributed by atoms with Crippen LogP contribution < -0.4 is 0 Å². The van der Waals surface area contributed by atoms with E-state index in [0.717, 1.165) is 16.8 Å². The third-order valence-corrected chi connectivity index (χ3v) is 2.54. The van der Waals surface area contributed by atoms with E-state index in [4.69, 9.17) is 0 Å². The molecule has 0 aliphatic heterocycles. The first-order valence-corrected chi connectivity index (χ1v) is 5.87. The predicted octanol–water partition coefficient (Wildman–Crippen LogP) is 4.27. The van der Waals surface area contributed by atoms with Gasteiger partial charge in [0, 0.05) is 29.0 Å². The number of hydrogen-bond acceptors (Lipinski definition) is 1. The zero-order chi connectivity index (χ0) is 12.6. The average Bonchev–Trinajstić information content (AvgIpc) is 3.14. The fourth-order valence-electron chi connectivity index (χ4n) is 1.59. The molecule has 0 aliphatic carbocycles. The Bertz CT molecular complexity index is 533. The minimum Gasteiger partial charge on any atom is -0.748 e. The number of rotatable bonds is 2. The van der Waals surface area contributed by atoms with Crippen LogP contribution in [0.5, 0.6) is 0 Å². The summed E-state index contributed by atoms with van der Waals surface area (Å²) < 4.78 is 0. The van der Waals surface area contributed by atoms with Gasteiger partial charge < -0.3 is 30.3 Å². The largest absolute Gasteiger partial charge is 0.748 e. The Morgan fingerprint density at radius 2 is 1.53 bits per heavy atom. The summed E-state index contributed by atoms with van der Waals surface area (Å²) in [5.74, 6) is 0. The molecule has 1 nitrogen and oxygen atoms in total. The van der Waals surface area contributed by atoms with Gasteiger partial charge in [0.15, 0.2) is 0 Å². The molecule has 0 saturated carbocycles. The normalized spacial score (nSPS) is 8.84.